The summed E-state index contributed by atoms with van der Waals surface area (Å²) < 4.78 is 5.60. The number of ether oxygens (including phenoxy) is 1. The average Bonchev–Trinajstić information content (AvgIpc) is 2.74. The van der Waals surface area contributed by atoms with Gasteiger partial charge in [0.25, 0.3) is 0 Å². The molecule has 174 valence electrons. The van der Waals surface area contributed by atoms with Crippen molar-refractivity contribution in [2.45, 2.75) is 65.7 Å². The molecule has 0 bridgehead atoms. The Morgan fingerprint density at radius 2 is 1.76 bits per heavy atom. The van der Waals surface area contributed by atoms with Crippen LogP contribution < -0.4 is 9.64 Å². The third-order valence-electron chi connectivity index (χ3n) is 6.85. The molecule has 33 heavy (non-hydrogen) atoms. The molecule has 5 heteroatoms. The molecule has 0 spiro atoms. The van der Waals surface area contributed by atoms with Crippen LogP contribution in [0.2, 0.25) is 5.02 Å². The number of carbonyl (C=O) groups excluding carboxylic acids is 2. The molecule has 0 saturated heterocycles. The predicted octanol–water partition coefficient (Wildman–Crippen LogP) is 6.94. The van der Waals surface area contributed by atoms with E-state index < -0.39 is 0 Å². The maximum absolute atomic E-state index is 13.7. The number of ketones is 1. The number of benzene rings is 2. The molecule has 0 aromatic heterocycles. The summed E-state index contributed by atoms with van der Waals surface area (Å²) in [6, 6.07) is 12.0. The van der Waals surface area contributed by atoms with Gasteiger partial charge in [0.2, 0.25) is 5.91 Å². The first-order valence-electron chi connectivity index (χ1n) is 11.6. The number of hydrogen-bond donors (Lipinski definition) is 0. The highest BCUT2D eigenvalue weighted by atomic mass is 35.5. The van der Waals surface area contributed by atoms with Gasteiger partial charge in [0.05, 0.1) is 12.8 Å². The lowest BCUT2D eigenvalue weighted by Crippen LogP contribution is -2.43. The van der Waals surface area contributed by atoms with Gasteiger partial charge in [-0.2, -0.15) is 0 Å². The molecule has 0 fully saturated rings. The Bertz CT molecular complexity index is 1140. The summed E-state index contributed by atoms with van der Waals surface area (Å²) in [5, 5.41) is 0.581. The van der Waals surface area contributed by atoms with Crippen LogP contribution in [0.4, 0.5) is 5.69 Å². The lowest BCUT2D eigenvalue weighted by Gasteiger charge is -2.43. The highest BCUT2D eigenvalue weighted by Crippen LogP contribution is 2.50. The summed E-state index contributed by atoms with van der Waals surface area (Å²) in [5.41, 5.74) is 5.10. The Morgan fingerprint density at radius 3 is 2.36 bits per heavy atom. The average molecular weight is 466 g/mol. The van der Waals surface area contributed by atoms with Gasteiger partial charge in [0, 0.05) is 41.1 Å². The molecular weight excluding hydrogens is 434 g/mol. The van der Waals surface area contributed by atoms with E-state index in [-0.39, 0.29) is 29.4 Å². The van der Waals surface area contributed by atoms with Crippen molar-refractivity contribution in [3.8, 4) is 5.75 Å². The molecule has 1 heterocycles. The molecule has 1 aliphatic heterocycles. The number of hydrogen-bond acceptors (Lipinski definition) is 3. The van der Waals surface area contributed by atoms with Gasteiger partial charge < -0.3 is 4.74 Å². The number of halogens is 1. The third-order valence-corrected chi connectivity index (χ3v) is 7.26. The monoisotopic (exact) mass is 465 g/mol. The van der Waals surface area contributed by atoms with E-state index in [0.29, 0.717) is 35.2 Å². The lowest BCUT2D eigenvalue weighted by molar-refractivity contribution is -0.121. The van der Waals surface area contributed by atoms with Crippen molar-refractivity contribution < 1.29 is 14.3 Å². The maximum atomic E-state index is 13.7. The number of anilines is 1. The topological polar surface area (TPSA) is 46.6 Å². The summed E-state index contributed by atoms with van der Waals surface area (Å²) in [4.78, 5) is 28.9. The van der Waals surface area contributed by atoms with Gasteiger partial charge in [0.1, 0.15) is 5.75 Å². The van der Waals surface area contributed by atoms with Crippen LogP contribution in [0.15, 0.2) is 47.7 Å². The van der Waals surface area contributed by atoms with Crippen molar-refractivity contribution in [3.63, 3.8) is 0 Å². The van der Waals surface area contributed by atoms with E-state index in [0.717, 1.165) is 22.4 Å². The van der Waals surface area contributed by atoms with E-state index >= 15 is 0 Å². The van der Waals surface area contributed by atoms with Crippen LogP contribution in [0.3, 0.4) is 0 Å². The Kier molecular flexibility index (Phi) is 6.17. The van der Waals surface area contributed by atoms with Crippen molar-refractivity contribution in [3.05, 3.63) is 69.4 Å². The largest absolute Gasteiger partial charge is 0.495 e. The SMILES string of the molecule is COc1cc(Cl)c(C)cc1N1C(=O)CC(c2ccc(C(C)C)cc2)C2=C1CC(C)(C)CC2=O. The standard InChI is InChI=1S/C28H32ClNO3/c1-16(2)18-7-9-19(10-8-18)20-12-26(32)30(22-11-17(3)21(29)13-25(22)33-6)23-14-28(4,5)15-24(31)27(20)23/h7-11,13,16,20H,12,14-15H2,1-6H3. The maximum Gasteiger partial charge on any atom is 0.232 e. The fraction of sp³-hybridized carbons (Fsp3) is 0.429. The molecule has 2 aromatic carbocycles. The second-order valence-corrected chi connectivity index (χ2v) is 10.8. The zero-order valence-electron chi connectivity index (χ0n) is 20.3. The summed E-state index contributed by atoms with van der Waals surface area (Å²) >= 11 is 6.33. The van der Waals surface area contributed by atoms with E-state index in [1.165, 1.54) is 5.56 Å². The quantitative estimate of drug-likeness (QED) is 0.491. The Labute approximate surface area is 201 Å². The van der Waals surface area contributed by atoms with Crippen LogP contribution in [0.5, 0.6) is 5.75 Å². The normalized spacial score (nSPS) is 20.4. The fourth-order valence-electron chi connectivity index (χ4n) is 5.08. The smallest absolute Gasteiger partial charge is 0.232 e. The summed E-state index contributed by atoms with van der Waals surface area (Å²) in [6.07, 6.45) is 1.37. The summed E-state index contributed by atoms with van der Waals surface area (Å²) in [5.74, 6) is 0.822. The van der Waals surface area contributed by atoms with Crippen molar-refractivity contribution in [2.75, 3.05) is 12.0 Å². The van der Waals surface area contributed by atoms with Crippen molar-refractivity contribution in [1.29, 1.82) is 0 Å². The van der Waals surface area contributed by atoms with E-state index in [1.54, 1.807) is 18.1 Å². The number of methoxy groups -OCH3 is 1. The van der Waals surface area contributed by atoms with E-state index in [1.807, 2.05) is 13.0 Å². The van der Waals surface area contributed by atoms with Crippen LogP contribution in [0.25, 0.3) is 0 Å². The molecule has 1 unspecified atom stereocenters. The van der Waals surface area contributed by atoms with Crippen molar-refractivity contribution >= 4 is 29.0 Å². The summed E-state index contributed by atoms with van der Waals surface area (Å²) in [7, 11) is 1.57. The first-order valence-corrected chi connectivity index (χ1v) is 11.9. The van der Waals surface area contributed by atoms with Gasteiger partial charge in [0.15, 0.2) is 5.78 Å². The van der Waals surface area contributed by atoms with Gasteiger partial charge in [-0.05, 0) is 47.4 Å². The van der Waals surface area contributed by atoms with E-state index in [4.69, 9.17) is 16.3 Å². The van der Waals surface area contributed by atoms with Crippen LogP contribution in [-0.2, 0) is 9.59 Å². The molecule has 4 rings (SSSR count). The molecule has 0 radical (unpaired) electrons. The Morgan fingerprint density at radius 1 is 1.09 bits per heavy atom. The molecule has 2 aromatic rings. The number of rotatable bonds is 4. The first kappa shape index (κ1) is 23.6. The fourth-order valence-corrected chi connectivity index (χ4v) is 5.23. The number of aryl methyl sites for hydroxylation is 1. The van der Waals surface area contributed by atoms with Gasteiger partial charge in [-0.1, -0.05) is 63.6 Å². The van der Waals surface area contributed by atoms with Gasteiger partial charge in [-0.3, -0.25) is 14.5 Å². The molecule has 1 aliphatic carbocycles. The molecule has 4 nitrogen and oxygen atoms in total. The van der Waals surface area contributed by atoms with Crippen molar-refractivity contribution in [1.82, 2.24) is 0 Å². The molecular formula is C28H32ClNO3. The van der Waals surface area contributed by atoms with E-state index in [2.05, 4.69) is 52.0 Å². The first-order chi connectivity index (χ1) is 15.5. The third kappa shape index (κ3) is 4.33. The van der Waals surface area contributed by atoms with Gasteiger partial charge in [-0.25, -0.2) is 0 Å². The minimum absolute atomic E-state index is 0.0304. The molecule has 0 saturated carbocycles. The van der Waals surface area contributed by atoms with Gasteiger partial charge in [-0.15, -0.1) is 0 Å². The molecule has 1 atom stereocenters. The number of amides is 1. The zero-order valence-corrected chi connectivity index (χ0v) is 21.0. The molecule has 1 amide bonds. The molecule has 0 N–H and O–H groups in total. The number of carbonyl (C=O) groups is 2. The Hall–Kier alpha value is -2.59. The van der Waals surface area contributed by atoms with Crippen LogP contribution >= 0.6 is 11.6 Å². The van der Waals surface area contributed by atoms with Crippen LogP contribution in [0, 0.1) is 12.3 Å². The van der Waals surface area contributed by atoms with Crippen molar-refractivity contribution in [2.24, 2.45) is 5.41 Å². The van der Waals surface area contributed by atoms with Gasteiger partial charge >= 0.3 is 0 Å². The zero-order chi connectivity index (χ0) is 24.1. The highest BCUT2D eigenvalue weighted by molar-refractivity contribution is 6.31. The number of nitrogens with zero attached hydrogens (tertiary/aromatic N) is 1. The minimum Gasteiger partial charge on any atom is -0.495 e. The number of allylic oxidation sites excluding steroid dienone is 2. The highest BCUT2D eigenvalue weighted by Gasteiger charge is 2.45. The summed E-state index contributed by atoms with van der Waals surface area (Å²) in [6.45, 7) is 10.4. The second kappa shape index (κ2) is 8.64. The Balaban J connectivity index is 1.90. The van der Waals surface area contributed by atoms with Crippen LogP contribution in [0.1, 0.15) is 75.5 Å². The van der Waals surface area contributed by atoms with Crippen LogP contribution in [-0.4, -0.2) is 18.8 Å². The predicted molar refractivity (Wildman–Crippen MR) is 133 cm³/mol. The molecule has 2 aliphatic rings. The minimum atomic E-state index is -0.230. The van der Waals surface area contributed by atoms with E-state index in [9.17, 15) is 9.59 Å². The number of Topliss-reactive ketones (excluding diaryl/α,β-unsaturated/α-hetero) is 1. The second-order valence-electron chi connectivity index (χ2n) is 10.4. The lowest BCUT2D eigenvalue weighted by atomic mass is 9.69.